The van der Waals surface area contributed by atoms with E-state index in [2.05, 4.69) is 5.32 Å². The predicted octanol–water partition coefficient (Wildman–Crippen LogP) is 4.36. The average molecular weight is 270 g/mol. The molecule has 0 heterocycles. The third-order valence-electron chi connectivity index (χ3n) is 4.01. The van der Waals surface area contributed by atoms with Crippen molar-refractivity contribution in [2.24, 2.45) is 5.92 Å². The molecule has 18 heavy (non-hydrogen) atoms. The molecular formula is C15H21ClFN. The summed E-state index contributed by atoms with van der Waals surface area (Å²) >= 11 is 6.21. The molecule has 0 spiro atoms. The van der Waals surface area contributed by atoms with Gasteiger partial charge in [0.05, 0.1) is 0 Å². The number of nitrogens with one attached hydrogen (secondary N) is 1. The van der Waals surface area contributed by atoms with Crippen LogP contribution in [0.4, 0.5) is 4.39 Å². The van der Waals surface area contributed by atoms with Gasteiger partial charge in [-0.3, -0.25) is 0 Å². The topological polar surface area (TPSA) is 12.0 Å². The Morgan fingerprint density at radius 3 is 2.67 bits per heavy atom. The van der Waals surface area contributed by atoms with Crippen molar-refractivity contribution in [2.75, 3.05) is 13.6 Å². The molecule has 1 saturated carbocycles. The number of hydrogen-bond acceptors (Lipinski definition) is 1. The predicted molar refractivity (Wildman–Crippen MR) is 74.7 cm³/mol. The zero-order valence-electron chi connectivity index (χ0n) is 10.9. The second-order valence-corrected chi connectivity index (χ2v) is 5.60. The molecule has 1 nitrogen and oxygen atoms in total. The van der Waals surface area contributed by atoms with E-state index < -0.39 is 0 Å². The lowest BCUT2D eigenvalue weighted by Crippen LogP contribution is -2.27. The summed E-state index contributed by atoms with van der Waals surface area (Å²) in [6.07, 6.45) is 6.22. The van der Waals surface area contributed by atoms with E-state index in [0.717, 1.165) is 6.54 Å². The van der Waals surface area contributed by atoms with Crippen LogP contribution in [0.2, 0.25) is 5.02 Å². The summed E-state index contributed by atoms with van der Waals surface area (Å²) in [6.45, 7) is 0.797. The summed E-state index contributed by atoms with van der Waals surface area (Å²) in [5.74, 6) is 0.595. The van der Waals surface area contributed by atoms with Crippen molar-refractivity contribution in [1.29, 1.82) is 0 Å². The molecule has 1 aliphatic carbocycles. The Kier molecular flexibility index (Phi) is 5.02. The smallest absolute Gasteiger partial charge is 0.128 e. The summed E-state index contributed by atoms with van der Waals surface area (Å²) in [6, 6.07) is 5.00. The van der Waals surface area contributed by atoms with E-state index >= 15 is 0 Å². The largest absolute Gasteiger partial charge is 0.319 e. The fourth-order valence-electron chi connectivity index (χ4n) is 3.13. The van der Waals surface area contributed by atoms with Gasteiger partial charge >= 0.3 is 0 Å². The van der Waals surface area contributed by atoms with Crippen LogP contribution >= 0.6 is 11.6 Å². The molecule has 1 aromatic carbocycles. The first-order valence-electron chi connectivity index (χ1n) is 6.82. The lowest BCUT2D eigenvalue weighted by Gasteiger charge is -2.31. The lowest BCUT2D eigenvalue weighted by atomic mass is 9.76. The van der Waals surface area contributed by atoms with Crippen molar-refractivity contribution in [1.82, 2.24) is 5.32 Å². The van der Waals surface area contributed by atoms with E-state index in [4.69, 9.17) is 11.6 Å². The van der Waals surface area contributed by atoms with Gasteiger partial charge in [0.2, 0.25) is 0 Å². The van der Waals surface area contributed by atoms with Crippen LogP contribution in [0.15, 0.2) is 18.2 Å². The summed E-state index contributed by atoms with van der Waals surface area (Å²) in [5, 5.41) is 3.76. The minimum atomic E-state index is -0.159. The highest BCUT2D eigenvalue weighted by atomic mass is 35.5. The molecule has 100 valence electrons. The second-order valence-electron chi connectivity index (χ2n) is 5.20. The van der Waals surface area contributed by atoms with Gasteiger partial charge in [-0.25, -0.2) is 4.39 Å². The molecule has 1 aromatic rings. The van der Waals surface area contributed by atoms with E-state index in [0.29, 0.717) is 16.5 Å². The van der Waals surface area contributed by atoms with E-state index in [1.807, 2.05) is 7.05 Å². The molecule has 1 fully saturated rings. The van der Waals surface area contributed by atoms with Crippen molar-refractivity contribution in [2.45, 2.75) is 38.0 Å². The summed E-state index contributed by atoms with van der Waals surface area (Å²) in [7, 11) is 1.92. The Morgan fingerprint density at radius 1 is 1.33 bits per heavy atom. The number of rotatable bonds is 4. The van der Waals surface area contributed by atoms with Crippen molar-refractivity contribution in [3.8, 4) is 0 Å². The number of likely N-dealkylation sites (N-methyl/N-ethyl adjacent to an activating group) is 1. The molecule has 1 N–H and O–H groups in total. The van der Waals surface area contributed by atoms with Crippen molar-refractivity contribution >= 4 is 11.6 Å². The Labute approximate surface area is 114 Å². The molecule has 0 radical (unpaired) electrons. The third kappa shape index (κ3) is 3.04. The fraction of sp³-hybridized carbons (Fsp3) is 0.600. The van der Waals surface area contributed by atoms with Crippen LogP contribution in [0.25, 0.3) is 0 Å². The van der Waals surface area contributed by atoms with Gasteiger partial charge in [0.1, 0.15) is 5.82 Å². The van der Waals surface area contributed by atoms with Gasteiger partial charge in [-0.15, -0.1) is 0 Å². The Balaban J connectivity index is 2.28. The van der Waals surface area contributed by atoms with Crippen molar-refractivity contribution < 1.29 is 4.39 Å². The van der Waals surface area contributed by atoms with Crippen LogP contribution in [0.1, 0.15) is 43.6 Å². The summed E-state index contributed by atoms with van der Waals surface area (Å²) in [5.41, 5.74) is 0.709. The lowest BCUT2D eigenvalue weighted by molar-refractivity contribution is 0.295. The minimum absolute atomic E-state index is 0.159. The molecule has 1 aliphatic rings. The molecule has 0 aromatic heterocycles. The maximum Gasteiger partial charge on any atom is 0.128 e. The van der Waals surface area contributed by atoms with E-state index in [-0.39, 0.29) is 11.7 Å². The van der Waals surface area contributed by atoms with Crippen LogP contribution in [0.5, 0.6) is 0 Å². The maximum atomic E-state index is 14.1. The Hall–Kier alpha value is -0.600. The highest BCUT2D eigenvalue weighted by Crippen LogP contribution is 2.39. The van der Waals surface area contributed by atoms with E-state index in [1.54, 1.807) is 12.1 Å². The van der Waals surface area contributed by atoms with Crippen molar-refractivity contribution in [3.63, 3.8) is 0 Å². The average Bonchev–Trinajstić information content (AvgIpc) is 2.38. The minimum Gasteiger partial charge on any atom is -0.319 e. The molecule has 2 rings (SSSR count). The zero-order valence-corrected chi connectivity index (χ0v) is 11.6. The quantitative estimate of drug-likeness (QED) is 0.856. The van der Waals surface area contributed by atoms with Gasteiger partial charge in [-0.05, 0) is 37.9 Å². The van der Waals surface area contributed by atoms with Crippen LogP contribution in [0, 0.1) is 11.7 Å². The van der Waals surface area contributed by atoms with Crippen LogP contribution < -0.4 is 5.32 Å². The molecule has 3 heteroatoms. The number of halogens is 2. The molecule has 0 bridgehead atoms. The van der Waals surface area contributed by atoms with E-state index in [1.165, 1.54) is 38.2 Å². The highest BCUT2D eigenvalue weighted by molar-refractivity contribution is 6.31. The first kappa shape index (κ1) is 13.8. The highest BCUT2D eigenvalue weighted by Gasteiger charge is 2.28. The molecule has 1 unspecified atom stereocenters. The standard InChI is InChI=1S/C15H21ClFN/c1-18-10-12(11-6-3-2-4-7-11)15-13(16)8-5-9-14(15)17/h5,8-9,11-12,18H,2-4,6-7,10H2,1H3. The number of hydrogen-bond donors (Lipinski definition) is 1. The van der Waals surface area contributed by atoms with Gasteiger partial charge in [-0.2, -0.15) is 0 Å². The Bertz CT molecular complexity index is 368. The van der Waals surface area contributed by atoms with Gasteiger partial charge < -0.3 is 5.32 Å². The molecule has 1 atom stereocenters. The third-order valence-corrected chi connectivity index (χ3v) is 4.34. The van der Waals surface area contributed by atoms with Gasteiger partial charge in [-0.1, -0.05) is 36.9 Å². The summed E-state index contributed by atoms with van der Waals surface area (Å²) in [4.78, 5) is 0. The monoisotopic (exact) mass is 269 g/mol. The van der Waals surface area contributed by atoms with Crippen LogP contribution in [0.3, 0.4) is 0 Å². The molecule has 0 saturated heterocycles. The number of benzene rings is 1. The molecule has 0 aliphatic heterocycles. The fourth-order valence-corrected chi connectivity index (χ4v) is 3.43. The molecule has 0 amide bonds. The van der Waals surface area contributed by atoms with Gasteiger partial charge in [0, 0.05) is 23.0 Å². The maximum absolute atomic E-state index is 14.1. The SMILES string of the molecule is CNCC(c1c(F)cccc1Cl)C1CCCCC1. The molecular weight excluding hydrogens is 249 g/mol. The second kappa shape index (κ2) is 6.53. The van der Waals surface area contributed by atoms with Gasteiger partial charge in [0.25, 0.3) is 0 Å². The first-order chi connectivity index (χ1) is 8.74. The summed E-state index contributed by atoms with van der Waals surface area (Å²) < 4.78 is 14.1. The Morgan fingerprint density at radius 2 is 2.06 bits per heavy atom. The van der Waals surface area contributed by atoms with Crippen LogP contribution in [-0.4, -0.2) is 13.6 Å². The van der Waals surface area contributed by atoms with Gasteiger partial charge in [0.15, 0.2) is 0 Å². The van der Waals surface area contributed by atoms with E-state index in [9.17, 15) is 4.39 Å². The van der Waals surface area contributed by atoms with Crippen LogP contribution in [-0.2, 0) is 0 Å². The zero-order chi connectivity index (χ0) is 13.0. The normalized spacial score (nSPS) is 18.8. The first-order valence-corrected chi connectivity index (χ1v) is 7.20. The van der Waals surface area contributed by atoms with Crippen molar-refractivity contribution in [3.05, 3.63) is 34.6 Å².